The van der Waals surface area contributed by atoms with E-state index < -0.39 is 0 Å². The maximum Gasteiger partial charge on any atom is 0.251 e. The zero-order valence-corrected chi connectivity index (χ0v) is 10.8. The van der Waals surface area contributed by atoms with E-state index in [2.05, 4.69) is 9.97 Å². The fraction of sp³-hybridized carbons (Fsp3) is 0.231. The van der Waals surface area contributed by atoms with Crippen LogP contribution >= 0.6 is 11.6 Å². The second kappa shape index (κ2) is 4.82. The molecule has 18 heavy (non-hydrogen) atoms. The molecular weight excluding hydrogens is 252 g/mol. The lowest BCUT2D eigenvalue weighted by Crippen LogP contribution is -2.11. The van der Waals surface area contributed by atoms with Gasteiger partial charge in [-0.1, -0.05) is 25.4 Å². The van der Waals surface area contributed by atoms with E-state index in [-0.39, 0.29) is 22.2 Å². The van der Waals surface area contributed by atoms with Crippen LogP contribution in [0.1, 0.15) is 25.5 Å². The van der Waals surface area contributed by atoms with Crippen molar-refractivity contribution in [2.75, 3.05) is 0 Å². The largest absolute Gasteiger partial charge is 0.506 e. The predicted molar refractivity (Wildman–Crippen MR) is 71.1 cm³/mol. The van der Waals surface area contributed by atoms with Gasteiger partial charge in [0, 0.05) is 11.6 Å². The number of phenols is 1. The molecule has 1 heterocycles. The zero-order valence-electron chi connectivity index (χ0n) is 10.1. The number of rotatable bonds is 2. The Balaban J connectivity index is 2.56. The lowest BCUT2D eigenvalue weighted by Gasteiger charge is -2.07. The quantitative estimate of drug-likeness (QED) is 0.876. The van der Waals surface area contributed by atoms with Crippen LogP contribution in [0.5, 0.6) is 5.75 Å². The molecule has 4 nitrogen and oxygen atoms in total. The summed E-state index contributed by atoms with van der Waals surface area (Å²) in [6, 6.07) is 6.18. The van der Waals surface area contributed by atoms with Gasteiger partial charge in [0.2, 0.25) is 0 Å². The van der Waals surface area contributed by atoms with Crippen molar-refractivity contribution in [1.29, 1.82) is 0 Å². The highest BCUT2D eigenvalue weighted by Gasteiger charge is 2.08. The lowest BCUT2D eigenvalue weighted by atomic mass is 10.1. The number of nitrogens with zero attached hydrogens (tertiary/aromatic N) is 1. The molecule has 1 aromatic heterocycles. The van der Waals surface area contributed by atoms with Gasteiger partial charge < -0.3 is 10.1 Å². The van der Waals surface area contributed by atoms with Gasteiger partial charge in [0.25, 0.3) is 5.56 Å². The molecule has 0 saturated carbocycles. The van der Waals surface area contributed by atoms with Crippen LogP contribution in [0.25, 0.3) is 11.4 Å². The normalized spacial score (nSPS) is 10.9. The van der Waals surface area contributed by atoms with Crippen LogP contribution in [0.15, 0.2) is 29.1 Å². The minimum atomic E-state index is -0.201. The monoisotopic (exact) mass is 264 g/mol. The molecule has 0 amide bonds. The first-order valence-electron chi connectivity index (χ1n) is 5.57. The van der Waals surface area contributed by atoms with E-state index in [1.807, 2.05) is 13.8 Å². The van der Waals surface area contributed by atoms with Crippen molar-refractivity contribution in [2.45, 2.75) is 19.8 Å². The van der Waals surface area contributed by atoms with E-state index in [1.165, 1.54) is 12.1 Å². The van der Waals surface area contributed by atoms with Crippen molar-refractivity contribution in [2.24, 2.45) is 0 Å². The summed E-state index contributed by atoms with van der Waals surface area (Å²) in [4.78, 5) is 18.6. The van der Waals surface area contributed by atoms with Crippen LogP contribution in [-0.4, -0.2) is 15.1 Å². The van der Waals surface area contributed by atoms with Crippen LogP contribution < -0.4 is 5.56 Å². The van der Waals surface area contributed by atoms with Gasteiger partial charge >= 0.3 is 0 Å². The third-order valence-corrected chi connectivity index (χ3v) is 2.88. The number of hydrogen-bond acceptors (Lipinski definition) is 3. The molecule has 0 aliphatic heterocycles. The highest BCUT2D eigenvalue weighted by atomic mass is 35.5. The first-order valence-corrected chi connectivity index (χ1v) is 5.95. The molecule has 0 bridgehead atoms. The van der Waals surface area contributed by atoms with Gasteiger partial charge in [0.1, 0.15) is 11.6 Å². The SMILES string of the molecule is CC(C)c1cc(=O)[nH]c(-c2ccc(O)c(Cl)c2)n1. The van der Waals surface area contributed by atoms with Gasteiger partial charge in [0.05, 0.1) is 10.7 Å². The molecule has 2 N–H and O–H groups in total. The van der Waals surface area contributed by atoms with E-state index in [0.717, 1.165) is 5.69 Å². The number of aromatic nitrogens is 2. The number of halogens is 1. The highest BCUT2D eigenvalue weighted by Crippen LogP contribution is 2.27. The average Bonchev–Trinajstić information content (AvgIpc) is 2.31. The van der Waals surface area contributed by atoms with Gasteiger partial charge in [-0.2, -0.15) is 0 Å². The molecule has 0 saturated heterocycles. The topological polar surface area (TPSA) is 66.0 Å². The fourth-order valence-corrected chi connectivity index (χ4v) is 1.74. The molecule has 2 aromatic rings. The summed E-state index contributed by atoms with van der Waals surface area (Å²) in [5.41, 5.74) is 1.18. The van der Waals surface area contributed by atoms with Crippen LogP contribution in [0.4, 0.5) is 0 Å². The molecule has 0 unspecified atom stereocenters. The number of aromatic hydroxyl groups is 1. The number of benzene rings is 1. The molecule has 0 aliphatic rings. The van der Waals surface area contributed by atoms with E-state index in [9.17, 15) is 9.90 Å². The number of nitrogens with one attached hydrogen (secondary N) is 1. The van der Waals surface area contributed by atoms with Crippen molar-refractivity contribution in [3.63, 3.8) is 0 Å². The summed E-state index contributed by atoms with van der Waals surface area (Å²) < 4.78 is 0. The molecular formula is C13H13ClN2O2. The number of phenolic OH excluding ortho intramolecular Hbond substituents is 1. The van der Waals surface area contributed by atoms with Gasteiger partial charge in [-0.3, -0.25) is 4.79 Å². The summed E-state index contributed by atoms with van der Waals surface area (Å²) in [5.74, 6) is 0.620. The first kappa shape index (κ1) is 12.6. The van der Waals surface area contributed by atoms with Crippen LogP contribution in [-0.2, 0) is 0 Å². The summed E-state index contributed by atoms with van der Waals surface area (Å²) >= 11 is 5.84. The summed E-state index contributed by atoms with van der Waals surface area (Å²) in [6.45, 7) is 3.94. The third kappa shape index (κ3) is 2.54. The Bertz CT molecular complexity index is 635. The molecule has 1 aromatic carbocycles. The Morgan fingerprint density at radius 1 is 1.33 bits per heavy atom. The van der Waals surface area contributed by atoms with Crippen LogP contribution in [0, 0.1) is 0 Å². The Morgan fingerprint density at radius 2 is 2.06 bits per heavy atom. The van der Waals surface area contributed by atoms with Crippen molar-refractivity contribution in [1.82, 2.24) is 9.97 Å². The second-order valence-corrected chi connectivity index (χ2v) is 4.75. The van der Waals surface area contributed by atoms with Gasteiger partial charge in [0.15, 0.2) is 0 Å². The minimum Gasteiger partial charge on any atom is -0.506 e. The Kier molecular flexibility index (Phi) is 3.39. The zero-order chi connectivity index (χ0) is 13.3. The molecule has 94 valence electrons. The van der Waals surface area contributed by atoms with Gasteiger partial charge in [-0.15, -0.1) is 0 Å². The van der Waals surface area contributed by atoms with Crippen LogP contribution in [0.3, 0.4) is 0 Å². The highest BCUT2D eigenvalue weighted by molar-refractivity contribution is 6.32. The van der Waals surface area contributed by atoms with E-state index in [0.29, 0.717) is 11.4 Å². The van der Waals surface area contributed by atoms with Gasteiger partial charge in [-0.25, -0.2) is 4.98 Å². The molecule has 0 fully saturated rings. The van der Waals surface area contributed by atoms with E-state index in [1.54, 1.807) is 12.1 Å². The molecule has 0 spiro atoms. The standard InChI is InChI=1S/C13H13ClN2O2/c1-7(2)10-6-12(18)16-13(15-10)8-3-4-11(17)9(14)5-8/h3-7,17H,1-2H3,(H,15,16,18). The average molecular weight is 265 g/mol. The number of aromatic amines is 1. The van der Waals surface area contributed by atoms with Crippen molar-refractivity contribution in [3.05, 3.63) is 45.3 Å². The van der Waals surface area contributed by atoms with E-state index >= 15 is 0 Å². The first-order chi connectivity index (χ1) is 8.47. The molecule has 2 rings (SSSR count). The van der Waals surface area contributed by atoms with Crippen molar-refractivity contribution >= 4 is 11.6 Å². The summed E-state index contributed by atoms with van der Waals surface area (Å²) in [6.07, 6.45) is 0. The predicted octanol–water partition coefficient (Wildman–Crippen LogP) is 2.92. The fourth-order valence-electron chi connectivity index (χ4n) is 1.56. The smallest absolute Gasteiger partial charge is 0.251 e. The summed E-state index contributed by atoms with van der Waals surface area (Å²) in [7, 11) is 0. The van der Waals surface area contributed by atoms with E-state index in [4.69, 9.17) is 11.6 Å². The number of hydrogen-bond donors (Lipinski definition) is 2. The Labute approximate surface area is 109 Å². The van der Waals surface area contributed by atoms with Gasteiger partial charge in [-0.05, 0) is 24.1 Å². The number of H-pyrrole nitrogens is 1. The lowest BCUT2D eigenvalue weighted by molar-refractivity contribution is 0.475. The van der Waals surface area contributed by atoms with Crippen LogP contribution in [0.2, 0.25) is 5.02 Å². The molecule has 0 radical (unpaired) electrons. The third-order valence-electron chi connectivity index (χ3n) is 2.57. The second-order valence-electron chi connectivity index (χ2n) is 4.34. The van der Waals surface area contributed by atoms with Crippen molar-refractivity contribution in [3.8, 4) is 17.1 Å². The Hall–Kier alpha value is -1.81. The molecule has 0 aliphatic carbocycles. The summed E-state index contributed by atoms with van der Waals surface area (Å²) in [5, 5.41) is 9.59. The Morgan fingerprint density at radius 3 is 2.67 bits per heavy atom. The molecule has 5 heteroatoms. The maximum atomic E-state index is 11.6. The minimum absolute atomic E-state index is 0.00257. The molecule has 0 atom stereocenters. The van der Waals surface area contributed by atoms with Crippen molar-refractivity contribution < 1.29 is 5.11 Å². The maximum absolute atomic E-state index is 11.6.